The Bertz CT molecular complexity index is 553. The normalized spacial score (nSPS) is 12.1. The van der Waals surface area contributed by atoms with Crippen LogP contribution >= 0.6 is 27.3 Å². The van der Waals surface area contributed by atoms with Crippen LogP contribution in [0.3, 0.4) is 0 Å². The lowest BCUT2D eigenvalue weighted by molar-refractivity contribution is -0.118. The maximum atomic E-state index is 11.6. The third-order valence-corrected chi connectivity index (χ3v) is 4.01. The van der Waals surface area contributed by atoms with E-state index in [1.54, 1.807) is 5.51 Å². The van der Waals surface area contributed by atoms with E-state index in [1.807, 2.05) is 31.2 Å². The van der Waals surface area contributed by atoms with E-state index in [0.29, 0.717) is 0 Å². The van der Waals surface area contributed by atoms with Crippen LogP contribution in [0, 0.1) is 6.92 Å². The minimum atomic E-state index is -0.543. The van der Waals surface area contributed by atoms with E-state index >= 15 is 0 Å². The Morgan fingerprint density at radius 3 is 2.61 bits per heavy atom. The molecule has 4 nitrogen and oxygen atoms in total. The van der Waals surface area contributed by atoms with Crippen molar-refractivity contribution in [3.8, 4) is 0 Å². The zero-order chi connectivity index (χ0) is 13.1. The van der Waals surface area contributed by atoms with Gasteiger partial charge in [-0.3, -0.25) is 4.79 Å². The summed E-state index contributed by atoms with van der Waals surface area (Å²) in [7, 11) is 0. The Kier molecular flexibility index (Phi) is 3.98. The van der Waals surface area contributed by atoms with Gasteiger partial charge < -0.3 is 11.1 Å². The number of anilines is 1. The average molecular weight is 326 g/mol. The molecule has 1 heterocycles. The number of primary amides is 1. The number of benzene rings is 1. The lowest BCUT2D eigenvalue weighted by Gasteiger charge is -2.15. The molecule has 0 aliphatic carbocycles. The molecule has 0 saturated heterocycles. The van der Waals surface area contributed by atoms with E-state index in [2.05, 4.69) is 26.2 Å². The van der Waals surface area contributed by atoms with Gasteiger partial charge in [0, 0.05) is 10.2 Å². The molecule has 1 aromatic carbocycles. The van der Waals surface area contributed by atoms with Crippen LogP contribution in [0.15, 0.2) is 34.2 Å². The van der Waals surface area contributed by atoms with Gasteiger partial charge in [0.1, 0.15) is 6.04 Å². The molecule has 6 heteroatoms. The first-order chi connectivity index (χ1) is 8.58. The Morgan fingerprint density at radius 2 is 2.11 bits per heavy atom. The van der Waals surface area contributed by atoms with Gasteiger partial charge in [0.15, 0.2) is 0 Å². The molecule has 1 atom stereocenters. The third-order valence-electron chi connectivity index (χ3n) is 2.48. The highest BCUT2D eigenvalue weighted by molar-refractivity contribution is 9.10. The Hall–Kier alpha value is -1.40. The average Bonchev–Trinajstić information content (AvgIpc) is 2.74. The van der Waals surface area contributed by atoms with E-state index in [0.717, 1.165) is 20.7 Å². The van der Waals surface area contributed by atoms with Crippen LogP contribution in [0.4, 0.5) is 5.69 Å². The summed E-state index contributed by atoms with van der Waals surface area (Å²) in [5.74, 6) is -0.412. The minimum absolute atomic E-state index is 0.412. The first-order valence-corrected chi connectivity index (χ1v) is 6.96. The summed E-state index contributed by atoms with van der Waals surface area (Å²) < 4.78 is 0.984. The van der Waals surface area contributed by atoms with E-state index in [9.17, 15) is 4.79 Å². The van der Waals surface area contributed by atoms with Crippen LogP contribution in [0.1, 0.15) is 16.6 Å². The highest BCUT2D eigenvalue weighted by Gasteiger charge is 2.21. The van der Waals surface area contributed by atoms with Gasteiger partial charge in [-0.1, -0.05) is 15.9 Å². The maximum Gasteiger partial charge on any atom is 0.245 e. The topological polar surface area (TPSA) is 68.0 Å². The highest BCUT2D eigenvalue weighted by atomic mass is 79.9. The van der Waals surface area contributed by atoms with Gasteiger partial charge in [0.05, 0.1) is 16.1 Å². The van der Waals surface area contributed by atoms with Gasteiger partial charge in [0.25, 0.3) is 0 Å². The van der Waals surface area contributed by atoms with Crippen LogP contribution in [0.5, 0.6) is 0 Å². The number of thiazole rings is 1. The smallest absolute Gasteiger partial charge is 0.245 e. The Morgan fingerprint density at radius 1 is 1.44 bits per heavy atom. The second-order valence-electron chi connectivity index (χ2n) is 3.79. The quantitative estimate of drug-likeness (QED) is 0.908. The van der Waals surface area contributed by atoms with Crippen LogP contribution in [-0.4, -0.2) is 10.9 Å². The fraction of sp³-hybridized carbons (Fsp3) is 0.167. The number of nitrogens with two attached hydrogens (primary N) is 1. The van der Waals surface area contributed by atoms with Crippen molar-refractivity contribution in [3.63, 3.8) is 0 Å². The zero-order valence-electron chi connectivity index (χ0n) is 9.68. The fourth-order valence-electron chi connectivity index (χ4n) is 1.57. The van der Waals surface area contributed by atoms with Crippen molar-refractivity contribution < 1.29 is 4.79 Å². The van der Waals surface area contributed by atoms with Gasteiger partial charge >= 0.3 is 0 Å². The van der Waals surface area contributed by atoms with E-state index in [-0.39, 0.29) is 0 Å². The van der Waals surface area contributed by atoms with E-state index < -0.39 is 11.9 Å². The molecule has 2 rings (SSSR count). The zero-order valence-corrected chi connectivity index (χ0v) is 12.1. The summed E-state index contributed by atoms with van der Waals surface area (Å²) in [6.45, 7) is 1.87. The van der Waals surface area contributed by atoms with Crippen molar-refractivity contribution in [2.45, 2.75) is 13.0 Å². The molecule has 0 aliphatic heterocycles. The Balaban J connectivity index is 2.25. The van der Waals surface area contributed by atoms with Crippen molar-refractivity contribution >= 4 is 38.9 Å². The van der Waals surface area contributed by atoms with E-state index in [4.69, 9.17) is 5.73 Å². The number of halogens is 1. The molecule has 18 heavy (non-hydrogen) atoms. The summed E-state index contributed by atoms with van der Waals surface area (Å²) in [6, 6.07) is 7.03. The number of nitrogens with zero attached hydrogens (tertiary/aromatic N) is 1. The summed E-state index contributed by atoms with van der Waals surface area (Å²) in [5.41, 5.74) is 8.82. The number of hydrogen-bond acceptors (Lipinski definition) is 4. The van der Waals surface area contributed by atoms with Crippen molar-refractivity contribution in [3.05, 3.63) is 44.8 Å². The fourth-order valence-corrected chi connectivity index (χ4v) is 2.69. The number of carbonyl (C=O) groups is 1. The second kappa shape index (κ2) is 5.49. The number of amides is 1. The molecule has 1 unspecified atom stereocenters. The molecular weight excluding hydrogens is 314 g/mol. The number of aryl methyl sites for hydroxylation is 1. The molecule has 0 fully saturated rings. The number of nitrogens with one attached hydrogen (secondary N) is 1. The molecule has 0 spiro atoms. The van der Waals surface area contributed by atoms with Crippen molar-refractivity contribution in [2.24, 2.45) is 5.73 Å². The summed E-state index contributed by atoms with van der Waals surface area (Å²) in [6.07, 6.45) is 0. The van der Waals surface area contributed by atoms with Crippen LogP contribution in [0.25, 0.3) is 0 Å². The van der Waals surface area contributed by atoms with Gasteiger partial charge in [0.2, 0.25) is 5.91 Å². The number of aromatic nitrogens is 1. The SMILES string of the molecule is Cc1ncsc1C(Nc1ccc(Br)cc1)C(N)=O. The third kappa shape index (κ3) is 2.88. The van der Waals surface area contributed by atoms with Gasteiger partial charge in [-0.05, 0) is 31.2 Å². The standard InChI is InChI=1S/C12H12BrN3OS/c1-7-11(18-6-15-7)10(12(14)17)16-9-4-2-8(13)3-5-9/h2-6,10,16H,1H3,(H2,14,17). The monoisotopic (exact) mass is 325 g/mol. The molecule has 2 aromatic rings. The lowest BCUT2D eigenvalue weighted by Crippen LogP contribution is -2.27. The molecule has 1 amide bonds. The lowest BCUT2D eigenvalue weighted by atomic mass is 10.2. The molecule has 0 radical (unpaired) electrons. The van der Waals surface area contributed by atoms with Gasteiger partial charge in [-0.15, -0.1) is 11.3 Å². The summed E-state index contributed by atoms with van der Waals surface area (Å²) in [5, 5.41) is 3.12. The molecule has 94 valence electrons. The number of rotatable bonds is 4. The van der Waals surface area contributed by atoms with Crippen molar-refractivity contribution in [1.29, 1.82) is 0 Å². The highest BCUT2D eigenvalue weighted by Crippen LogP contribution is 2.26. The van der Waals surface area contributed by atoms with Crippen LogP contribution < -0.4 is 11.1 Å². The maximum absolute atomic E-state index is 11.6. The second-order valence-corrected chi connectivity index (χ2v) is 5.59. The first-order valence-electron chi connectivity index (χ1n) is 5.29. The first kappa shape index (κ1) is 13.0. The Labute approximate surface area is 117 Å². The molecule has 3 N–H and O–H groups in total. The molecular formula is C12H12BrN3OS. The van der Waals surface area contributed by atoms with Crippen molar-refractivity contribution in [2.75, 3.05) is 5.32 Å². The molecule has 1 aromatic heterocycles. The molecule has 0 saturated carbocycles. The molecule has 0 bridgehead atoms. The number of hydrogen-bond donors (Lipinski definition) is 2. The largest absolute Gasteiger partial charge is 0.369 e. The summed E-state index contributed by atoms with van der Waals surface area (Å²) in [4.78, 5) is 16.5. The van der Waals surface area contributed by atoms with Crippen LogP contribution in [-0.2, 0) is 4.79 Å². The predicted molar refractivity (Wildman–Crippen MR) is 76.6 cm³/mol. The van der Waals surface area contributed by atoms with Crippen LogP contribution in [0.2, 0.25) is 0 Å². The van der Waals surface area contributed by atoms with E-state index in [1.165, 1.54) is 11.3 Å². The summed E-state index contributed by atoms with van der Waals surface area (Å²) >= 11 is 4.79. The number of carbonyl (C=O) groups excluding carboxylic acids is 1. The predicted octanol–water partition coefficient (Wildman–Crippen LogP) is 2.85. The van der Waals surface area contributed by atoms with Crippen molar-refractivity contribution in [1.82, 2.24) is 4.98 Å². The van der Waals surface area contributed by atoms with Gasteiger partial charge in [-0.25, -0.2) is 4.98 Å². The minimum Gasteiger partial charge on any atom is -0.369 e. The molecule has 0 aliphatic rings. The van der Waals surface area contributed by atoms with Gasteiger partial charge in [-0.2, -0.15) is 0 Å².